The van der Waals surface area contributed by atoms with Crippen LogP contribution in [0.4, 0.5) is 4.39 Å². The van der Waals surface area contributed by atoms with Crippen molar-refractivity contribution in [3.05, 3.63) is 29.6 Å². The van der Waals surface area contributed by atoms with Crippen LogP contribution in [0, 0.1) is 5.82 Å². The van der Waals surface area contributed by atoms with Crippen molar-refractivity contribution in [3.8, 4) is 5.75 Å². The molecule has 0 amide bonds. The molecule has 0 aliphatic heterocycles. The zero-order valence-corrected chi connectivity index (χ0v) is 9.00. The lowest BCUT2D eigenvalue weighted by molar-refractivity contribution is 0.237. The van der Waals surface area contributed by atoms with Gasteiger partial charge in [0.25, 0.3) is 0 Å². The van der Waals surface area contributed by atoms with Gasteiger partial charge in [-0.1, -0.05) is 6.07 Å². The summed E-state index contributed by atoms with van der Waals surface area (Å²) in [5.41, 5.74) is -0.370. The standard InChI is InChI=1S/C12H12FNO2/c1-16-10-5-2-4-9(13)11(10)12(14-8-15)6-3-7-12/h2,4-5H,3,6-7H2,1H3. The number of isocyanates is 1. The molecule has 0 N–H and O–H groups in total. The predicted octanol–water partition coefficient (Wildman–Crippen LogP) is 2.55. The molecule has 0 spiro atoms. The van der Waals surface area contributed by atoms with Crippen molar-refractivity contribution in [2.45, 2.75) is 24.8 Å². The van der Waals surface area contributed by atoms with Crippen LogP contribution in [0.5, 0.6) is 5.75 Å². The van der Waals surface area contributed by atoms with Crippen LogP contribution in [0.1, 0.15) is 24.8 Å². The van der Waals surface area contributed by atoms with Crippen molar-refractivity contribution in [2.24, 2.45) is 4.99 Å². The lowest BCUT2D eigenvalue weighted by Crippen LogP contribution is -2.33. The minimum atomic E-state index is -0.752. The van der Waals surface area contributed by atoms with E-state index in [0.29, 0.717) is 24.2 Å². The Morgan fingerprint density at radius 1 is 1.50 bits per heavy atom. The molecule has 16 heavy (non-hydrogen) atoms. The highest BCUT2D eigenvalue weighted by Gasteiger charge is 2.43. The summed E-state index contributed by atoms with van der Waals surface area (Å²) in [5, 5.41) is 0. The lowest BCUT2D eigenvalue weighted by atomic mass is 9.72. The van der Waals surface area contributed by atoms with Crippen LogP contribution in [0.25, 0.3) is 0 Å². The minimum Gasteiger partial charge on any atom is -0.496 e. The Bertz CT molecular complexity index is 448. The SMILES string of the molecule is COc1cccc(F)c1C1(N=C=O)CCC1. The van der Waals surface area contributed by atoms with E-state index in [1.807, 2.05) is 0 Å². The molecule has 1 aromatic rings. The number of halogens is 1. The van der Waals surface area contributed by atoms with Gasteiger partial charge < -0.3 is 4.74 Å². The number of methoxy groups -OCH3 is 1. The first kappa shape index (κ1) is 10.8. The van der Waals surface area contributed by atoms with Gasteiger partial charge in [-0.2, -0.15) is 4.99 Å². The molecule has 1 aliphatic carbocycles. The number of carbonyl (C=O) groups excluding carboxylic acids is 1. The zero-order valence-electron chi connectivity index (χ0n) is 9.00. The highest BCUT2D eigenvalue weighted by atomic mass is 19.1. The summed E-state index contributed by atoms with van der Waals surface area (Å²) in [5.74, 6) is 0.0664. The van der Waals surface area contributed by atoms with Gasteiger partial charge in [0.15, 0.2) is 0 Å². The average Bonchev–Trinajstić information content (AvgIpc) is 2.24. The van der Waals surface area contributed by atoms with Crippen LogP contribution in [0.15, 0.2) is 23.2 Å². The van der Waals surface area contributed by atoms with Crippen molar-refractivity contribution in [1.82, 2.24) is 0 Å². The summed E-state index contributed by atoms with van der Waals surface area (Å²) in [4.78, 5) is 14.2. The van der Waals surface area contributed by atoms with Crippen molar-refractivity contribution in [1.29, 1.82) is 0 Å². The molecule has 4 heteroatoms. The second kappa shape index (κ2) is 4.06. The Kier molecular flexibility index (Phi) is 2.75. The third kappa shape index (κ3) is 1.51. The molecule has 0 heterocycles. The number of ether oxygens (including phenoxy) is 1. The number of hydrogen-bond donors (Lipinski definition) is 0. The highest BCUT2D eigenvalue weighted by Crippen LogP contribution is 2.48. The molecule has 1 fully saturated rings. The van der Waals surface area contributed by atoms with Gasteiger partial charge in [0.05, 0.1) is 12.7 Å². The van der Waals surface area contributed by atoms with Gasteiger partial charge in [0, 0.05) is 0 Å². The summed E-state index contributed by atoms with van der Waals surface area (Å²) < 4.78 is 18.9. The Labute approximate surface area is 93.0 Å². The first-order valence-electron chi connectivity index (χ1n) is 5.15. The van der Waals surface area contributed by atoms with Gasteiger partial charge >= 0.3 is 0 Å². The fourth-order valence-corrected chi connectivity index (χ4v) is 2.14. The average molecular weight is 221 g/mol. The molecule has 3 nitrogen and oxygen atoms in total. The highest BCUT2D eigenvalue weighted by molar-refractivity contribution is 5.46. The van der Waals surface area contributed by atoms with Gasteiger partial charge in [0.1, 0.15) is 17.1 Å². The van der Waals surface area contributed by atoms with E-state index in [1.165, 1.54) is 13.2 Å². The molecule has 84 valence electrons. The second-order valence-corrected chi connectivity index (χ2v) is 3.91. The maximum Gasteiger partial charge on any atom is 0.235 e. The van der Waals surface area contributed by atoms with E-state index < -0.39 is 5.54 Å². The van der Waals surface area contributed by atoms with E-state index in [0.717, 1.165) is 6.42 Å². The molecule has 0 unspecified atom stereocenters. The monoisotopic (exact) mass is 221 g/mol. The molecule has 0 saturated heterocycles. The predicted molar refractivity (Wildman–Crippen MR) is 56.6 cm³/mol. The molecule has 1 aromatic carbocycles. The van der Waals surface area contributed by atoms with Crippen molar-refractivity contribution >= 4 is 6.08 Å². The molecule has 2 rings (SSSR count). The van der Waals surface area contributed by atoms with Gasteiger partial charge in [-0.3, -0.25) is 0 Å². The third-order valence-electron chi connectivity index (χ3n) is 3.10. The normalized spacial score (nSPS) is 17.1. The summed E-state index contributed by atoms with van der Waals surface area (Å²) in [6.45, 7) is 0. The number of aliphatic imine (C=N–C) groups is 1. The number of benzene rings is 1. The van der Waals surface area contributed by atoms with E-state index in [4.69, 9.17) is 4.74 Å². The Balaban J connectivity index is 2.57. The van der Waals surface area contributed by atoms with E-state index in [1.54, 1.807) is 18.2 Å². The topological polar surface area (TPSA) is 38.7 Å². The Hall–Kier alpha value is -1.67. The van der Waals surface area contributed by atoms with E-state index >= 15 is 0 Å². The Morgan fingerprint density at radius 3 is 2.75 bits per heavy atom. The van der Waals surface area contributed by atoms with Crippen LogP contribution >= 0.6 is 0 Å². The first-order chi connectivity index (χ1) is 7.73. The van der Waals surface area contributed by atoms with Crippen LogP contribution in [0.3, 0.4) is 0 Å². The van der Waals surface area contributed by atoms with Crippen LogP contribution in [-0.4, -0.2) is 13.2 Å². The quantitative estimate of drug-likeness (QED) is 0.581. The summed E-state index contributed by atoms with van der Waals surface area (Å²) in [7, 11) is 1.48. The van der Waals surface area contributed by atoms with Gasteiger partial charge in [-0.05, 0) is 31.4 Å². The lowest BCUT2D eigenvalue weighted by Gasteiger charge is -2.37. The number of hydrogen-bond acceptors (Lipinski definition) is 3. The maximum absolute atomic E-state index is 13.8. The maximum atomic E-state index is 13.8. The summed E-state index contributed by atoms with van der Waals surface area (Å²) in [6.07, 6.45) is 3.81. The van der Waals surface area contributed by atoms with Crippen LogP contribution in [0.2, 0.25) is 0 Å². The molecule has 1 saturated carbocycles. The number of rotatable bonds is 3. The Morgan fingerprint density at radius 2 is 2.25 bits per heavy atom. The number of nitrogens with zero attached hydrogens (tertiary/aromatic N) is 1. The van der Waals surface area contributed by atoms with Crippen LogP contribution < -0.4 is 4.74 Å². The molecule has 1 aliphatic rings. The zero-order chi connectivity index (χ0) is 11.6. The first-order valence-corrected chi connectivity index (χ1v) is 5.15. The fourth-order valence-electron chi connectivity index (χ4n) is 2.14. The van der Waals surface area contributed by atoms with Crippen LogP contribution in [-0.2, 0) is 10.3 Å². The summed E-state index contributed by atoms with van der Waals surface area (Å²) >= 11 is 0. The van der Waals surface area contributed by atoms with E-state index in [9.17, 15) is 9.18 Å². The smallest absolute Gasteiger partial charge is 0.235 e. The summed E-state index contributed by atoms with van der Waals surface area (Å²) in [6, 6.07) is 4.62. The van der Waals surface area contributed by atoms with Gasteiger partial charge in [-0.25, -0.2) is 9.18 Å². The minimum absolute atomic E-state index is 0.377. The fraction of sp³-hybridized carbons (Fsp3) is 0.417. The van der Waals surface area contributed by atoms with E-state index in [-0.39, 0.29) is 5.82 Å². The molecular formula is C12H12FNO2. The van der Waals surface area contributed by atoms with Gasteiger partial charge in [-0.15, -0.1) is 0 Å². The molecule has 0 aromatic heterocycles. The molecular weight excluding hydrogens is 209 g/mol. The van der Waals surface area contributed by atoms with Gasteiger partial charge in [0.2, 0.25) is 6.08 Å². The van der Waals surface area contributed by atoms with Crippen molar-refractivity contribution in [3.63, 3.8) is 0 Å². The molecule has 0 bridgehead atoms. The van der Waals surface area contributed by atoms with Crippen molar-refractivity contribution in [2.75, 3.05) is 7.11 Å². The molecule has 0 radical (unpaired) electrons. The molecule has 0 atom stereocenters. The largest absolute Gasteiger partial charge is 0.496 e. The van der Waals surface area contributed by atoms with E-state index in [2.05, 4.69) is 4.99 Å². The van der Waals surface area contributed by atoms with Crippen molar-refractivity contribution < 1.29 is 13.9 Å². The third-order valence-corrected chi connectivity index (χ3v) is 3.10. The second-order valence-electron chi connectivity index (χ2n) is 3.91.